The first kappa shape index (κ1) is 19.9. The Bertz CT molecular complexity index is 1270. The average Bonchev–Trinajstić information content (AvgIpc) is 2.87. The van der Waals surface area contributed by atoms with E-state index in [1.165, 1.54) is 11.1 Å². The van der Waals surface area contributed by atoms with Gasteiger partial charge < -0.3 is 5.73 Å². The highest BCUT2D eigenvalue weighted by Gasteiger charge is 2.13. The maximum atomic E-state index is 5.80. The molecule has 0 saturated heterocycles. The minimum absolute atomic E-state index is 0.688. The van der Waals surface area contributed by atoms with Crippen LogP contribution in [0.1, 0.15) is 29.8 Å². The van der Waals surface area contributed by atoms with E-state index in [9.17, 15) is 0 Å². The Balaban J connectivity index is 1.49. The summed E-state index contributed by atoms with van der Waals surface area (Å²) in [6.45, 7) is 0. The fourth-order valence-electron chi connectivity index (χ4n) is 3.77. The molecule has 0 amide bonds. The van der Waals surface area contributed by atoms with Gasteiger partial charge in [-0.2, -0.15) is 0 Å². The van der Waals surface area contributed by atoms with E-state index < -0.39 is 0 Å². The zero-order valence-electron chi connectivity index (χ0n) is 17.8. The number of nitrogens with two attached hydrogens (primary N) is 1. The topological polar surface area (TPSA) is 64.7 Å². The number of hydrogen-bond donors (Lipinski definition) is 1. The van der Waals surface area contributed by atoms with Crippen molar-refractivity contribution in [3.8, 4) is 22.8 Å². The van der Waals surface area contributed by atoms with Crippen molar-refractivity contribution < 1.29 is 0 Å². The first-order valence-electron chi connectivity index (χ1n) is 10.9. The molecule has 0 unspecified atom stereocenters. The number of nitrogen functional groups attached to an aromatic ring is 1. The minimum atomic E-state index is 0.688. The van der Waals surface area contributed by atoms with E-state index in [2.05, 4.69) is 54.6 Å². The summed E-state index contributed by atoms with van der Waals surface area (Å²) in [5.74, 6) is 2.10. The zero-order valence-corrected chi connectivity index (χ0v) is 17.8. The summed E-state index contributed by atoms with van der Waals surface area (Å²) in [6.07, 6.45) is 9.40. The molecule has 156 valence electrons. The molecule has 2 N–H and O–H groups in total. The van der Waals surface area contributed by atoms with Crippen LogP contribution in [-0.4, -0.2) is 15.0 Å². The average molecular weight is 417 g/mol. The molecule has 0 radical (unpaired) electrons. The number of allylic oxidation sites excluding steroid dienone is 4. The second-order valence-corrected chi connectivity index (χ2v) is 7.93. The molecule has 0 saturated carbocycles. The largest absolute Gasteiger partial charge is 0.399 e. The van der Waals surface area contributed by atoms with Crippen LogP contribution in [0, 0.1) is 0 Å². The van der Waals surface area contributed by atoms with Crippen molar-refractivity contribution in [3.05, 3.63) is 114 Å². The summed E-state index contributed by atoms with van der Waals surface area (Å²) in [5.41, 5.74) is 12.1. The Morgan fingerprint density at radius 2 is 1.22 bits per heavy atom. The number of hydrogen-bond acceptors (Lipinski definition) is 4. The van der Waals surface area contributed by atoms with Gasteiger partial charge in [0, 0.05) is 22.4 Å². The molecule has 32 heavy (non-hydrogen) atoms. The molecule has 1 heterocycles. The van der Waals surface area contributed by atoms with Crippen LogP contribution in [0.2, 0.25) is 0 Å². The summed E-state index contributed by atoms with van der Waals surface area (Å²) in [4.78, 5) is 14.4. The Morgan fingerprint density at radius 1 is 0.625 bits per heavy atom. The summed E-state index contributed by atoms with van der Waals surface area (Å²) < 4.78 is 0. The standard InChI is InChI=1S/C28H24N4/c29-25-17-13-21(14-18-25)19-20-11-15-24(16-12-20)28-31-26(22-7-3-1-4-8-22)30-27(32-28)23-9-5-2-6-10-23/h1,3-5,7-18H,2,6,19,29H2. The fraction of sp³-hybridized carbons (Fsp3) is 0.107. The highest BCUT2D eigenvalue weighted by molar-refractivity contribution is 5.73. The van der Waals surface area contributed by atoms with Crippen molar-refractivity contribution in [2.45, 2.75) is 19.3 Å². The van der Waals surface area contributed by atoms with Gasteiger partial charge in [-0.1, -0.05) is 85.0 Å². The SMILES string of the molecule is Nc1ccc(Cc2ccc(-c3nc(C4=CCCC=C4)nc(-c4ccccc4)n3)cc2)cc1. The fourth-order valence-corrected chi connectivity index (χ4v) is 3.77. The number of benzene rings is 3. The van der Waals surface area contributed by atoms with Crippen molar-refractivity contribution in [1.82, 2.24) is 15.0 Å². The molecule has 1 aromatic heterocycles. The minimum Gasteiger partial charge on any atom is -0.399 e. The Morgan fingerprint density at radius 3 is 1.84 bits per heavy atom. The molecule has 0 fully saturated rings. The first-order chi connectivity index (χ1) is 15.7. The molecule has 3 aromatic carbocycles. The molecular formula is C28H24N4. The predicted molar refractivity (Wildman–Crippen MR) is 131 cm³/mol. The third-order valence-electron chi connectivity index (χ3n) is 5.52. The monoisotopic (exact) mass is 416 g/mol. The van der Waals surface area contributed by atoms with Crippen molar-refractivity contribution in [1.29, 1.82) is 0 Å². The van der Waals surface area contributed by atoms with Gasteiger partial charge in [-0.15, -0.1) is 0 Å². The van der Waals surface area contributed by atoms with Gasteiger partial charge in [0.15, 0.2) is 17.5 Å². The molecular weight excluding hydrogens is 392 g/mol. The highest BCUT2D eigenvalue weighted by atomic mass is 15.0. The number of nitrogens with zero attached hydrogens (tertiary/aromatic N) is 3. The summed E-state index contributed by atoms with van der Waals surface area (Å²) in [5, 5.41) is 0. The second-order valence-electron chi connectivity index (χ2n) is 7.93. The van der Waals surface area contributed by atoms with Gasteiger partial charge in [0.2, 0.25) is 0 Å². The quantitative estimate of drug-likeness (QED) is 0.399. The number of anilines is 1. The third-order valence-corrected chi connectivity index (χ3v) is 5.52. The third kappa shape index (κ3) is 4.49. The lowest BCUT2D eigenvalue weighted by atomic mass is 10.0. The van der Waals surface area contributed by atoms with Crippen LogP contribution < -0.4 is 5.73 Å². The van der Waals surface area contributed by atoms with Crippen LogP contribution in [-0.2, 0) is 6.42 Å². The van der Waals surface area contributed by atoms with Gasteiger partial charge in [-0.05, 0) is 42.5 Å². The van der Waals surface area contributed by atoms with Gasteiger partial charge in [0.1, 0.15) is 0 Å². The van der Waals surface area contributed by atoms with E-state index in [-0.39, 0.29) is 0 Å². The van der Waals surface area contributed by atoms with Gasteiger partial charge in [-0.25, -0.2) is 15.0 Å². The first-order valence-corrected chi connectivity index (χ1v) is 10.9. The Hall–Kier alpha value is -4.05. The van der Waals surface area contributed by atoms with E-state index >= 15 is 0 Å². The van der Waals surface area contributed by atoms with Gasteiger partial charge in [0.05, 0.1) is 0 Å². The predicted octanol–water partition coefficient (Wildman–Crippen LogP) is 6.11. The molecule has 4 heteroatoms. The van der Waals surface area contributed by atoms with Crippen LogP contribution in [0.3, 0.4) is 0 Å². The van der Waals surface area contributed by atoms with E-state index in [4.69, 9.17) is 20.7 Å². The van der Waals surface area contributed by atoms with Crippen LogP contribution in [0.25, 0.3) is 28.3 Å². The second kappa shape index (κ2) is 8.98. The van der Waals surface area contributed by atoms with Crippen LogP contribution >= 0.6 is 0 Å². The molecule has 4 nitrogen and oxygen atoms in total. The lowest BCUT2D eigenvalue weighted by Crippen LogP contribution is -2.03. The molecule has 0 bridgehead atoms. The lowest BCUT2D eigenvalue weighted by molar-refractivity contribution is 1.01. The summed E-state index contributed by atoms with van der Waals surface area (Å²) in [7, 11) is 0. The maximum absolute atomic E-state index is 5.80. The summed E-state index contributed by atoms with van der Waals surface area (Å²) in [6, 6.07) is 26.5. The smallest absolute Gasteiger partial charge is 0.164 e. The van der Waals surface area contributed by atoms with E-state index in [1.54, 1.807) is 0 Å². The van der Waals surface area contributed by atoms with Crippen molar-refractivity contribution in [3.63, 3.8) is 0 Å². The lowest BCUT2D eigenvalue weighted by Gasteiger charge is -2.11. The van der Waals surface area contributed by atoms with Gasteiger partial charge in [0.25, 0.3) is 0 Å². The molecule has 1 aliphatic carbocycles. The molecule has 0 atom stereocenters. The van der Waals surface area contributed by atoms with Crippen LogP contribution in [0.4, 0.5) is 5.69 Å². The molecule has 0 aliphatic heterocycles. The molecule has 4 aromatic rings. The summed E-state index contributed by atoms with van der Waals surface area (Å²) >= 11 is 0. The van der Waals surface area contributed by atoms with E-state index in [0.29, 0.717) is 11.6 Å². The molecule has 5 rings (SSSR count). The van der Waals surface area contributed by atoms with Crippen LogP contribution in [0.15, 0.2) is 97.1 Å². The normalized spacial score (nSPS) is 13.1. The van der Waals surface area contributed by atoms with Gasteiger partial charge in [-0.3, -0.25) is 0 Å². The highest BCUT2D eigenvalue weighted by Crippen LogP contribution is 2.25. The van der Waals surface area contributed by atoms with Crippen molar-refractivity contribution >= 4 is 11.3 Å². The zero-order chi connectivity index (χ0) is 21.8. The van der Waals surface area contributed by atoms with Crippen LogP contribution in [0.5, 0.6) is 0 Å². The Labute approximate surface area is 188 Å². The maximum Gasteiger partial charge on any atom is 0.164 e. The van der Waals surface area contributed by atoms with Crippen molar-refractivity contribution in [2.24, 2.45) is 0 Å². The Kier molecular flexibility index (Phi) is 5.58. The number of aromatic nitrogens is 3. The molecule has 1 aliphatic rings. The van der Waals surface area contributed by atoms with Gasteiger partial charge >= 0.3 is 0 Å². The van der Waals surface area contributed by atoms with E-state index in [0.717, 1.165) is 47.5 Å². The van der Waals surface area contributed by atoms with Crippen molar-refractivity contribution in [2.75, 3.05) is 5.73 Å². The molecule has 0 spiro atoms. The number of rotatable bonds is 5. The van der Waals surface area contributed by atoms with E-state index in [1.807, 2.05) is 42.5 Å².